The highest BCUT2D eigenvalue weighted by Crippen LogP contribution is 2.58. The number of nitrogens with one attached hydrogen (secondary N) is 1. The van der Waals surface area contributed by atoms with Gasteiger partial charge < -0.3 is 20.3 Å². The van der Waals surface area contributed by atoms with Crippen molar-refractivity contribution in [2.75, 3.05) is 0 Å². The molecule has 0 aromatic heterocycles. The van der Waals surface area contributed by atoms with Crippen molar-refractivity contribution >= 4 is 17.7 Å². The van der Waals surface area contributed by atoms with Gasteiger partial charge in [-0.15, -0.1) is 0 Å². The summed E-state index contributed by atoms with van der Waals surface area (Å²) in [5.74, 6) is -3.26. The van der Waals surface area contributed by atoms with Crippen LogP contribution in [0.5, 0.6) is 0 Å². The van der Waals surface area contributed by atoms with Gasteiger partial charge >= 0.3 is 5.97 Å². The van der Waals surface area contributed by atoms with Crippen LogP contribution in [-0.4, -0.2) is 51.7 Å². The molecular formula is C30H37NO6. The van der Waals surface area contributed by atoms with Crippen LogP contribution >= 0.6 is 0 Å². The third kappa shape index (κ3) is 4.59. The number of hydrogen-bond donors (Lipinski definition) is 3. The summed E-state index contributed by atoms with van der Waals surface area (Å²) in [5.41, 5.74) is -1.55. The average Bonchev–Trinajstić information content (AvgIpc) is 3.13. The standard InChI is InChI=1S/C30H37NO6/c1-17-10-9-13-22-26(33)19(3)18(2)25-23(16-21-11-7-6-8-12-21)31-28(35)30(22,25)24(37-20(4)32)14-15-29(5,36)27(17)34/h6-9,11-15,17-18,22-26,33,36H,3,10,16H2,1-2,4-5H3,(H,31,35)/b13-9+,15-14+/t17?,18-,22+,23?,24?,25+,26-,29?,30?/m1/s1. The number of carbonyl (C=O) groups is 3. The van der Waals surface area contributed by atoms with E-state index in [9.17, 15) is 24.6 Å². The Morgan fingerprint density at radius 1 is 1.19 bits per heavy atom. The Hall–Kier alpha value is -3.03. The number of aliphatic hydroxyl groups excluding tert-OH is 1. The number of ketones is 1. The van der Waals surface area contributed by atoms with Gasteiger partial charge in [0.05, 0.1) is 6.10 Å². The van der Waals surface area contributed by atoms with E-state index in [1.165, 1.54) is 26.0 Å². The van der Waals surface area contributed by atoms with E-state index in [2.05, 4.69) is 11.9 Å². The van der Waals surface area contributed by atoms with E-state index in [1.54, 1.807) is 19.1 Å². The average molecular weight is 508 g/mol. The Labute approximate surface area is 218 Å². The smallest absolute Gasteiger partial charge is 0.303 e. The first-order chi connectivity index (χ1) is 17.4. The molecule has 5 unspecified atom stereocenters. The molecule has 1 saturated heterocycles. The van der Waals surface area contributed by atoms with E-state index in [0.29, 0.717) is 18.4 Å². The number of amides is 1. The molecule has 2 aliphatic carbocycles. The fourth-order valence-electron chi connectivity index (χ4n) is 6.68. The SMILES string of the molecule is C=C1[C@@H](C)[C@H]2C(Cc3ccccc3)NC(=O)C23C(OC(C)=O)/C=C/C(C)(O)C(=O)C(C)C/C=C/[C@H]3[C@@H]1O. The van der Waals surface area contributed by atoms with Gasteiger partial charge in [0.1, 0.15) is 17.1 Å². The normalized spacial score (nSPS) is 41.6. The van der Waals surface area contributed by atoms with Crippen LogP contribution in [0.15, 0.2) is 66.8 Å². The first kappa shape index (κ1) is 27.0. The molecule has 1 aromatic carbocycles. The fourth-order valence-corrected chi connectivity index (χ4v) is 6.68. The second kappa shape index (κ2) is 10.0. The molecule has 7 nitrogen and oxygen atoms in total. The molecule has 0 bridgehead atoms. The number of aliphatic hydroxyl groups is 2. The van der Waals surface area contributed by atoms with Crippen molar-refractivity contribution in [3.8, 4) is 0 Å². The van der Waals surface area contributed by atoms with E-state index in [0.717, 1.165) is 5.56 Å². The van der Waals surface area contributed by atoms with Gasteiger partial charge in [0, 0.05) is 30.7 Å². The van der Waals surface area contributed by atoms with Gasteiger partial charge in [0.25, 0.3) is 0 Å². The van der Waals surface area contributed by atoms with Crippen LogP contribution < -0.4 is 5.32 Å². The number of carbonyl (C=O) groups excluding carboxylic acids is 3. The van der Waals surface area contributed by atoms with Gasteiger partial charge in [-0.05, 0) is 49.0 Å². The molecule has 0 radical (unpaired) electrons. The van der Waals surface area contributed by atoms with Crippen LogP contribution in [0.3, 0.4) is 0 Å². The van der Waals surface area contributed by atoms with Crippen molar-refractivity contribution in [1.29, 1.82) is 0 Å². The molecule has 2 fully saturated rings. The summed E-state index contributed by atoms with van der Waals surface area (Å²) in [6, 6.07) is 9.49. The van der Waals surface area contributed by atoms with E-state index >= 15 is 0 Å². The second-order valence-electron chi connectivity index (χ2n) is 11.0. The predicted octanol–water partition coefficient (Wildman–Crippen LogP) is 2.92. The van der Waals surface area contributed by atoms with Crippen molar-refractivity contribution in [2.24, 2.45) is 29.1 Å². The van der Waals surface area contributed by atoms with Crippen molar-refractivity contribution in [1.82, 2.24) is 5.32 Å². The summed E-state index contributed by atoms with van der Waals surface area (Å²) in [7, 11) is 0. The molecule has 1 spiro atoms. The molecule has 37 heavy (non-hydrogen) atoms. The third-order valence-corrected chi connectivity index (χ3v) is 8.53. The van der Waals surface area contributed by atoms with E-state index in [4.69, 9.17) is 4.74 Å². The Morgan fingerprint density at radius 2 is 1.86 bits per heavy atom. The maximum atomic E-state index is 14.2. The molecule has 9 atom stereocenters. The topological polar surface area (TPSA) is 113 Å². The van der Waals surface area contributed by atoms with Crippen molar-refractivity contribution in [3.05, 3.63) is 72.4 Å². The van der Waals surface area contributed by atoms with E-state index < -0.39 is 46.9 Å². The first-order valence-corrected chi connectivity index (χ1v) is 12.9. The minimum Gasteiger partial charge on any atom is -0.457 e. The minimum absolute atomic E-state index is 0.287. The molecule has 3 aliphatic rings. The van der Waals surface area contributed by atoms with Gasteiger partial charge in [-0.1, -0.05) is 62.9 Å². The van der Waals surface area contributed by atoms with Crippen molar-refractivity contribution in [3.63, 3.8) is 0 Å². The molecular weight excluding hydrogens is 470 g/mol. The Balaban J connectivity index is 1.94. The van der Waals surface area contributed by atoms with Crippen LogP contribution in [0.25, 0.3) is 0 Å². The van der Waals surface area contributed by atoms with Gasteiger partial charge in [0.15, 0.2) is 5.78 Å². The zero-order valence-corrected chi connectivity index (χ0v) is 21.9. The number of Topliss-reactive ketones (excluding diaryl/α,β-unsaturated/α-hetero) is 1. The van der Waals surface area contributed by atoms with Crippen LogP contribution in [0, 0.1) is 29.1 Å². The second-order valence-corrected chi connectivity index (χ2v) is 11.0. The zero-order valence-electron chi connectivity index (χ0n) is 21.9. The highest BCUT2D eigenvalue weighted by atomic mass is 16.5. The van der Waals surface area contributed by atoms with Gasteiger partial charge in [-0.2, -0.15) is 0 Å². The van der Waals surface area contributed by atoms with E-state index in [1.807, 2.05) is 37.3 Å². The molecule has 1 aliphatic heterocycles. The number of benzene rings is 1. The fraction of sp³-hybridized carbons (Fsp3) is 0.500. The molecule has 4 rings (SSSR count). The highest BCUT2D eigenvalue weighted by Gasteiger charge is 2.68. The third-order valence-electron chi connectivity index (χ3n) is 8.53. The summed E-state index contributed by atoms with van der Waals surface area (Å²) in [6.45, 7) is 10.5. The van der Waals surface area contributed by atoms with Gasteiger partial charge in [0.2, 0.25) is 5.91 Å². The molecule has 1 aromatic rings. The summed E-state index contributed by atoms with van der Waals surface area (Å²) >= 11 is 0. The Morgan fingerprint density at radius 3 is 2.51 bits per heavy atom. The van der Waals surface area contributed by atoms with E-state index in [-0.39, 0.29) is 23.7 Å². The summed E-state index contributed by atoms with van der Waals surface area (Å²) in [6.07, 6.45) is 5.01. The lowest BCUT2D eigenvalue weighted by atomic mass is 9.51. The first-order valence-electron chi connectivity index (χ1n) is 12.9. The summed E-state index contributed by atoms with van der Waals surface area (Å²) in [4.78, 5) is 39.5. The lowest BCUT2D eigenvalue weighted by molar-refractivity contribution is -0.166. The number of esters is 1. The number of ether oxygens (including phenoxy) is 1. The largest absolute Gasteiger partial charge is 0.457 e. The van der Waals surface area contributed by atoms with Crippen LogP contribution in [-0.2, 0) is 25.5 Å². The Bertz CT molecular complexity index is 1140. The zero-order chi connectivity index (χ0) is 27.1. The van der Waals surface area contributed by atoms with Crippen molar-refractivity contribution < 1.29 is 29.3 Å². The van der Waals surface area contributed by atoms with Crippen molar-refractivity contribution in [2.45, 2.75) is 64.4 Å². The minimum atomic E-state index is -1.82. The molecule has 198 valence electrons. The number of allylic oxidation sites excluding steroid dienone is 1. The summed E-state index contributed by atoms with van der Waals surface area (Å²) < 4.78 is 5.81. The predicted molar refractivity (Wildman–Crippen MR) is 139 cm³/mol. The Kier molecular flexibility index (Phi) is 7.32. The maximum absolute atomic E-state index is 14.2. The maximum Gasteiger partial charge on any atom is 0.303 e. The quantitative estimate of drug-likeness (QED) is 0.428. The van der Waals surface area contributed by atoms with Crippen LogP contribution in [0.2, 0.25) is 0 Å². The number of rotatable bonds is 3. The number of hydrogen-bond acceptors (Lipinski definition) is 6. The lowest BCUT2D eigenvalue weighted by Gasteiger charge is -2.52. The molecule has 3 N–H and O–H groups in total. The molecule has 1 amide bonds. The monoisotopic (exact) mass is 507 g/mol. The summed E-state index contributed by atoms with van der Waals surface area (Å²) in [5, 5.41) is 25.7. The van der Waals surface area contributed by atoms with Gasteiger partial charge in [-0.3, -0.25) is 14.4 Å². The molecule has 7 heteroatoms. The highest BCUT2D eigenvalue weighted by molar-refractivity contribution is 5.91. The van der Waals surface area contributed by atoms with Gasteiger partial charge in [-0.25, -0.2) is 0 Å². The molecule has 1 saturated carbocycles. The van der Waals surface area contributed by atoms with Crippen LogP contribution in [0.1, 0.15) is 39.7 Å². The van der Waals surface area contributed by atoms with Crippen LogP contribution in [0.4, 0.5) is 0 Å². The molecule has 1 heterocycles. The lowest BCUT2D eigenvalue weighted by Crippen LogP contribution is -2.60.